The molecular formula is C17H19N3O. The van der Waals surface area contributed by atoms with E-state index in [0.29, 0.717) is 30.3 Å². The number of benzene rings is 1. The predicted octanol–water partition coefficient (Wildman–Crippen LogP) is 1.29. The van der Waals surface area contributed by atoms with Gasteiger partial charge in [-0.1, -0.05) is 24.3 Å². The fraction of sp³-hybridized carbons (Fsp3) is 0.529. The predicted molar refractivity (Wildman–Crippen MR) is 80.3 cm³/mol. The number of rotatable bonds is 1. The monoisotopic (exact) mass is 281 g/mol. The van der Waals surface area contributed by atoms with Gasteiger partial charge in [0.15, 0.2) is 0 Å². The summed E-state index contributed by atoms with van der Waals surface area (Å²) < 4.78 is 0. The average molecular weight is 281 g/mol. The van der Waals surface area contributed by atoms with Gasteiger partial charge in [-0.25, -0.2) is 0 Å². The Morgan fingerprint density at radius 3 is 3.10 bits per heavy atom. The van der Waals surface area contributed by atoms with Crippen LogP contribution in [0.1, 0.15) is 24.0 Å². The maximum atomic E-state index is 13.1. The summed E-state index contributed by atoms with van der Waals surface area (Å²) in [6, 6.07) is 9.03. The van der Waals surface area contributed by atoms with E-state index in [1.54, 1.807) is 0 Å². The Labute approximate surface area is 124 Å². The van der Waals surface area contributed by atoms with Crippen LogP contribution >= 0.6 is 0 Å². The molecule has 1 amide bonds. The van der Waals surface area contributed by atoms with Crippen LogP contribution in [-0.2, 0) is 11.3 Å². The molecule has 1 aromatic carbocycles. The number of aliphatic imine (C=N–C) groups is 1. The number of amides is 1. The SMILES string of the molecule is O=C(C1=NCc2ccccc21)N1C2CC3CN(CCC31)C2. The van der Waals surface area contributed by atoms with Crippen molar-refractivity contribution in [2.45, 2.75) is 31.5 Å². The summed E-state index contributed by atoms with van der Waals surface area (Å²) in [6.45, 7) is 4.07. The van der Waals surface area contributed by atoms with Gasteiger partial charge in [0.05, 0.1) is 6.54 Å². The van der Waals surface area contributed by atoms with Crippen LogP contribution < -0.4 is 0 Å². The molecule has 4 heterocycles. The highest BCUT2D eigenvalue weighted by Gasteiger charge is 2.51. The summed E-state index contributed by atoms with van der Waals surface area (Å²) in [4.78, 5) is 22.4. The Morgan fingerprint density at radius 2 is 2.14 bits per heavy atom. The van der Waals surface area contributed by atoms with E-state index in [4.69, 9.17) is 0 Å². The number of hydrogen-bond donors (Lipinski definition) is 0. The zero-order chi connectivity index (χ0) is 14.0. The molecular weight excluding hydrogens is 262 g/mol. The lowest BCUT2D eigenvalue weighted by Crippen LogP contribution is -2.45. The molecule has 0 aliphatic carbocycles. The van der Waals surface area contributed by atoms with Crippen LogP contribution in [0, 0.1) is 5.92 Å². The number of carbonyl (C=O) groups excluding carboxylic acids is 1. The lowest BCUT2D eigenvalue weighted by atomic mass is 9.89. The molecule has 5 rings (SSSR count). The van der Waals surface area contributed by atoms with Gasteiger partial charge in [-0.15, -0.1) is 0 Å². The molecule has 4 nitrogen and oxygen atoms in total. The molecule has 108 valence electrons. The van der Waals surface area contributed by atoms with E-state index >= 15 is 0 Å². The van der Waals surface area contributed by atoms with Crippen LogP contribution in [0.2, 0.25) is 0 Å². The van der Waals surface area contributed by atoms with Gasteiger partial charge in [0.25, 0.3) is 5.91 Å². The molecule has 0 aromatic heterocycles. The topological polar surface area (TPSA) is 35.9 Å². The minimum atomic E-state index is 0.182. The highest BCUT2D eigenvalue weighted by molar-refractivity contribution is 6.46. The van der Waals surface area contributed by atoms with E-state index in [0.717, 1.165) is 25.1 Å². The Hall–Kier alpha value is -1.68. The molecule has 3 bridgehead atoms. The molecule has 3 saturated heterocycles. The first-order valence-electron chi connectivity index (χ1n) is 7.99. The quantitative estimate of drug-likeness (QED) is 0.778. The smallest absolute Gasteiger partial charge is 0.273 e. The molecule has 1 aromatic rings. The first kappa shape index (κ1) is 11.9. The number of likely N-dealkylation sites (tertiary alicyclic amines) is 1. The maximum Gasteiger partial charge on any atom is 0.273 e. The molecule has 0 spiro atoms. The Bertz CT molecular complexity index is 653. The normalized spacial score (nSPS) is 35.8. The molecule has 0 N–H and O–H groups in total. The summed E-state index contributed by atoms with van der Waals surface area (Å²) >= 11 is 0. The standard InChI is InChI=1S/C17H19N3O/c21-17(16-14-4-2-1-3-11(14)8-18-16)20-13-7-12-9-19(10-13)6-5-15(12)20/h1-4,12-13,15H,5-10H2. The first-order valence-corrected chi connectivity index (χ1v) is 7.99. The van der Waals surface area contributed by atoms with E-state index in [-0.39, 0.29) is 5.91 Å². The third-order valence-electron chi connectivity index (χ3n) is 5.69. The van der Waals surface area contributed by atoms with Gasteiger partial charge in [0, 0.05) is 37.3 Å². The van der Waals surface area contributed by atoms with E-state index in [1.165, 1.54) is 18.5 Å². The van der Waals surface area contributed by atoms with Crippen molar-refractivity contribution >= 4 is 11.6 Å². The number of fused-ring (bicyclic) bond motifs is 3. The van der Waals surface area contributed by atoms with Crippen molar-refractivity contribution in [2.24, 2.45) is 10.9 Å². The molecule has 4 unspecified atom stereocenters. The summed E-state index contributed by atoms with van der Waals surface area (Å²) in [7, 11) is 0. The Kier molecular flexibility index (Phi) is 2.37. The molecule has 4 aliphatic rings. The lowest BCUT2D eigenvalue weighted by molar-refractivity contribution is -0.126. The van der Waals surface area contributed by atoms with Crippen LogP contribution in [-0.4, -0.2) is 53.1 Å². The Balaban J connectivity index is 1.50. The molecule has 21 heavy (non-hydrogen) atoms. The van der Waals surface area contributed by atoms with Gasteiger partial charge >= 0.3 is 0 Å². The molecule has 4 aliphatic heterocycles. The second kappa shape index (κ2) is 4.17. The van der Waals surface area contributed by atoms with Crippen molar-refractivity contribution in [1.82, 2.24) is 9.80 Å². The van der Waals surface area contributed by atoms with Crippen molar-refractivity contribution in [3.8, 4) is 0 Å². The van der Waals surface area contributed by atoms with Crippen LogP contribution in [0.4, 0.5) is 0 Å². The average Bonchev–Trinajstić information content (AvgIpc) is 2.99. The third-order valence-corrected chi connectivity index (χ3v) is 5.69. The molecule has 4 atom stereocenters. The highest BCUT2D eigenvalue weighted by Crippen LogP contribution is 2.41. The number of carbonyl (C=O) groups is 1. The zero-order valence-corrected chi connectivity index (χ0v) is 12.0. The summed E-state index contributed by atoms with van der Waals surface area (Å²) in [6.07, 6.45) is 2.34. The van der Waals surface area contributed by atoms with Gasteiger partial charge in [-0.3, -0.25) is 9.79 Å². The fourth-order valence-corrected chi connectivity index (χ4v) is 4.81. The van der Waals surface area contributed by atoms with E-state index < -0.39 is 0 Å². The van der Waals surface area contributed by atoms with Gasteiger partial charge in [-0.05, 0) is 24.3 Å². The van der Waals surface area contributed by atoms with Crippen LogP contribution in [0.5, 0.6) is 0 Å². The van der Waals surface area contributed by atoms with Gasteiger partial charge in [0.1, 0.15) is 5.71 Å². The molecule has 0 radical (unpaired) electrons. The number of piperidine rings is 2. The summed E-state index contributed by atoms with van der Waals surface area (Å²) in [5.74, 6) is 0.875. The second-order valence-corrected chi connectivity index (χ2v) is 6.80. The van der Waals surface area contributed by atoms with Gasteiger partial charge < -0.3 is 9.80 Å². The van der Waals surface area contributed by atoms with Crippen molar-refractivity contribution in [2.75, 3.05) is 19.6 Å². The maximum absolute atomic E-state index is 13.1. The van der Waals surface area contributed by atoms with Crippen LogP contribution in [0.15, 0.2) is 29.3 Å². The van der Waals surface area contributed by atoms with E-state index in [1.807, 2.05) is 18.2 Å². The highest BCUT2D eigenvalue weighted by atomic mass is 16.2. The minimum Gasteiger partial charge on any atom is -0.330 e. The van der Waals surface area contributed by atoms with Crippen LogP contribution in [0.25, 0.3) is 0 Å². The van der Waals surface area contributed by atoms with Crippen molar-refractivity contribution in [1.29, 1.82) is 0 Å². The summed E-state index contributed by atoms with van der Waals surface area (Å²) in [5, 5.41) is 0. The third kappa shape index (κ3) is 1.59. The van der Waals surface area contributed by atoms with Gasteiger partial charge in [-0.2, -0.15) is 0 Å². The van der Waals surface area contributed by atoms with E-state index in [2.05, 4.69) is 20.9 Å². The molecule has 3 fully saturated rings. The van der Waals surface area contributed by atoms with Crippen LogP contribution in [0.3, 0.4) is 0 Å². The van der Waals surface area contributed by atoms with Crippen molar-refractivity contribution < 1.29 is 4.79 Å². The number of nitrogens with zero attached hydrogens (tertiary/aromatic N) is 3. The van der Waals surface area contributed by atoms with Gasteiger partial charge in [0.2, 0.25) is 0 Å². The Morgan fingerprint density at radius 1 is 1.24 bits per heavy atom. The molecule has 0 saturated carbocycles. The second-order valence-electron chi connectivity index (χ2n) is 6.80. The summed E-state index contributed by atoms with van der Waals surface area (Å²) in [5.41, 5.74) is 2.95. The molecule has 4 heteroatoms. The van der Waals surface area contributed by atoms with Crippen molar-refractivity contribution in [3.05, 3.63) is 35.4 Å². The van der Waals surface area contributed by atoms with Crippen molar-refractivity contribution in [3.63, 3.8) is 0 Å². The lowest BCUT2D eigenvalue weighted by Gasteiger charge is -2.35. The number of hydrogen-bond acceptors (Lipinski definition) is 3. The fourth-order valence-electron chi connectivity index (χ4n) is 4.81. The first-order chi connectivity index (χ1) is 10.3. The minimum absolute atomic E-state index is 0.182. The largest absolute Gasteiger partial charge is 0.330 e. The zero-order valence-electron chi connectivity index (χ0n) is 12.0. The van der Waals surface area contributed by atoms with E-state index in [9.17, 15) is 4.79 Å².